The first-order valence-corrected chi connectivity index (χ1v) is 6.80. The van der Waals surface area contributed by atoms with Crippen LogP contribution in [-0.4, -0.2) is 23.0 Å². The van der Waals surface area contributed by atoms with E-state index in [2.05, 4.69) is 0 Å². The topological polar surface area (TPSA) is 37.4 Å². The van der Waals surface area contributed by atoms with Crippen molar-refractivity contribution in [2.75, 3.05) is 6.54 Å². The zero-order valence-electron chi connectivity index (χ0n) is 12.1. The summed E-state index contributed by atoms with van der Waals surface area (Å²) in [6, 6.07) is 9.70. The molecule has 0 aliphatic carbocycles. The van der Waals surface area contributed by atoms with Gasteiger partial charge in [0.2, 0.25) is 0 Å². The third-order valence-electron chi connectivity index (χ3n) is 3.54. The van der Waals surface area contributed by atoms with Crippen LogP contribution in [0.25, 0.3) is 0 Å². The first-order chi connectivity index (χ1) is 9.54. The lowest BCUT2D eigenvalue weighted by atomic mass is 9.80. The number of hydrogen-bond donors (Lipinski definition) is 0. The van der Waals surface area contributed by atoms with E-state index >= 15 is 0 Å². The molecule has 20 heavy (non-hydrogen) atoms. The minimum Gasteiger partial charge on any atom is -0.354 e. The summed E-state index contributed by atoms with van der Waals surface area (Å²) in [6.07, 6.45) is 3.71. The van der Waals surface area contributed by atoms with Crippen LogP contribution in [0.2, 0.25) is 0 Å². The highest BCUT2D eigenvalue weighted by molar-refractivity contribution is 6.02. The molecule has 3 heteroatoms. The summed E-state index contributed by atoms with van der Waals surface area (Å²) >= 11 is 0. The molecular weight excluding hydrogens is 250 g/mol. The minimum atomic E-state index is -0.256. The van der Waals surface area contributed by atoms with Gasteiger partial charge in [-0.15, -0.1) is 0 Å². The fraction of sp³-hybridized carbons (Fsp3) is 0.294. The van der Waals surface area contributed by atoms with E-state index in [1.807, 2.05) is 54.6 Å². The van der Waals surface area contributed by atoms with Gasteiger partial charge in [0, 0.05) is 36.0 Å². The van der Waals surface area contributed by atoms with Crippen LogP contribution in [0.4, 0.5) is 0 Å². The van der Waals surface area contributed by atoms with Crippen LogP contribution in [0.1, 0.15) is 32.3 Å². The van der Waals surface area contributed by atoms with Gasteiger partial charge >= 0.3 is 0 Å². The maximum absolute atomic E-state index is 12.0. The molecule has 0 atom stereocenters. The van der Waals surface area contributed by atoms with Gasteiger partial charge in [-0.1, -0.05) is 30.3 Å². The van der Waals surface area contributed by atoms with Crippen LogP contribution in [0.15, 0.2) is 53.9 Å². The average Bonchev–Trinajstić information content (AvgIpc) is 2.46. The molecule has 0 radical (unpaired) electrons. The third kappa shape index (κ3) is 2.72. The van der Waals surface area contributed by atoms with E-state index in [-0.39, 0.29) is 17.5 Å². The normalized spacial score (nSPS) is 15.7. The van der Waals surface area contributed by atoms with Crippen molar-refractivity contribution < 1.29 is 9.59 Å². The van der Waals surface area contributed by atoms with Crippen molar-refractivity contribution in [3.05, 3.63) is 59.4 Å². The smallest absolute Gasteiger partial charge is 0.158 e. The van der Waals surface area contributed by atoms with E-state index < -0.39 is 0 Å². The van der Waals surface area contributed by atoms with Crippen LogP contribution >= 0.6 is 0 Å². The SMILES string of the molecule is CCN1C=C(C(C)=O)C(c2ccccc2)C(C(C)=O)=C1. The number of nitrogens with zero attached hydrogens (tertiary/aromatic N) is 1. The van der Waals surface area contributed by atoms with E-state index in [1.54, 1.807) is 13.8 Å². The molecule has 0 amide bonds. The van der Waals surface area contributed by atoms with Gasteiger partial charge in [0.05, 0.1) is 0 Å². The summed E-state index contributed by atoms with van der Waals surface area (Å²) in [7, 11) is 0. The van der Waals surface area contributed by atoms with Crippen LogP contribution in [0.5, 0.6) is 0 Å². The molecule has 0 aromatic heterocycles. The molecule has 1 heterocycles. The lowest BCUT2D eigenvalue weighted by Gasteiger charge is -2.29. The van der Waals surface area contributed by atoms with E-state index in [0.29, 0.717) is 11.1 Å². The Morgan fingerprint density at radius 2 is 1.50 bits per heavy atom. The van der Waals surface area contributed by atoms with E-state index in [1.165, 1.54) is 0 Å². The van der Waals surface area contributed by atoms with Gasteiger partial charge in [-0.2, -0.15) is 0 Å². The Bertz CT molecular complexity index is 552. The Hall–Kier alpha value is -2.16. The zero-order chi connectivity index (χ0) is 14.7. The summed E-state index contributed by atoms with van der Waals surface area (Å²) in [5.74, 6) is -0.248. The predicted molar refractivity (Wildman–Crippen MR) is 79.1 cm³/mol. The monoisotopic (exact) mass is 269 g/mol. The van der Waals surface area contributed by atoms with E-state index in [0.717, 1.165) is 12.1 Å². The van der Waals surface area contributed by atoms with Crippen molar-refractivity contribution in [3.8, 4) is 0 Å². The molecule has 0 bridgehead atoms. The molecule has 1 aromatic rings. The molecule has 0 unspecified atom stereocenters. The molecule has 0 N–H and O–H groups in total. The molecular formula is C17H19NO2. The average molecular weight is 269 g/mol. The van der Waals surface area contributed by atoms with Crippen molar-refractivity contribution in [3.63, 3.8) is 0 Å². The van der Waals surface area contributed by atoms with Gasteiger partial charge in [-0.25, -0.2) is 0 Å². The van der Waals surface area contributed by atoms with Crippen molar-refractivity contribution >= 4 is 11.6 Å². The summed E-state index contributed by atoms with van der Waals surface area (Å²) < 4.78 is 0. The third-order valence-corrected chi connectivity index (χ3v) is 3.54. The van der Waals surface area contributed by atoms with Gasteiger partial charge in [-0.05, 0) is 26.3 Å². The standard InChI is InChI=1S/C17H19NO2/c1-4-18-10-15(12(2)19)17(16(11-18)13(3)20)14-8-6-5-7-9-14/h5-11,17H,4H2,1-3H3. The molecule has 104 valence electrons. The van der Waals surface area contributed by atoms with Crippen LogP contribution < -0.4 is 0 Å². The molecule has 0 saturated heterocycles. The van der Waals surface area contributed by atoms with Gasteiger partial charge in [0.25, 0.3) is 0 Å². The first kappa shape index (κ1) is 14.3. The number of allylic oxidation sites excluding steroid dienone is 2. The molecule has 1 aliphatic heterocycles. The predicted octanol–water partition coefficient (Wildman–Crippen LogP) is 3.05. The number of benzene rings is 1. The lowest BCUT2D eigenvalue weighted by molar-refractivity contribution is -0.114. The van der Waals surface area contributed by atoms with Gasteiger partial charge in [0.15, 0.2) is 11.6 Å². The zero-order valence-corrected chi connectivity index (χ0v) is 12.1. The second-order valence-electron chi connectivity index (χ2n) is 4.96. The number of carbonyl (C=O) groups is 2. The molecule has 0 saturated carbocycles. The van der Waals surface area contributed by atoms with Gasteiger partial charge < -0.3 is 4.90 Å². The Labute approximate surface area is 119 Å². The number of hydrogen-bond acceptors (Lipinski definition) is 3. The van der Waals surface area contributed by atoms with E-state index in [9.17, 15) is 9.59 Å². The summed E-state index contributed by atoms with van der Waals surface area (Å²) in [4.78, 5) is 25.9. The Morgan fingerprint density at radius 3 is 1.90 bits per heavy atom. The first-order valence-electron chi connectivity index (χ1n) is 6.80. The second-order valence-corrected chi connectivity index (χ2v) is 4.96. The number of ketones is 2. The van der Waals surface area contributed by atoms with Crippen molar-refractivity contribution in [1.82, 2.24) is 4.90 Å². The minimum absolute atomic E-state index is 0.00385. The van der Waals surface area contributed by atoms with Crippen molar-refractivity contribution in [1.29, 1.82) is 0 Å². The van der Waals surface area contributed by atoms with Crippen LogP contribution in [0.3, 0.4) is 0 Å². The van der Waals surface area contributed by atoms with Gasteiger partial charge in [0.1, 0.15) is 0 Å². The summed E-state index contributed by atoms with van der Waals surface area (Å²) in [6.45, 7) is 5.83. The Morgan fingerprint density at radius 1 is 1.00 bits per heavy atom. The fourth-order valence-corrected chi connectivity index (χ4v) is 2.49. The lowest BCUT2D eigenvalue weighted by Crippen LogP contribution is -2.26. The van der Waals surface area contributed by atoms with Crippen molar-refractivity contribution in [2.45, 2.75) is 26.7 Å². The van der Waals surface area contributed by atoms with Crippen LogP contribution in [-0.2, 0) is 9.59 Å². The summed E-state index contributed by atoms with van der Waals surface area (Å²) in [5.41, 5.74) is 2.32. The molecule has 1 aromatic carbocycles. The molecule has 1 aliphatic rings. The second kappa shape index (κ2) is 5.87. The molecule has 2 rings (SSSR count). The molecule has 0 fully saturated rings. The highest BCUT2D eigenvalue weighted by Crippen LogP contribution is 2.36. The highest BCUT2D eigenvalue weighted by atomic mass is 16.1. The highest BCUT2D eigenvalue weighted by Gasteiger charge is 2.30. The van der Waals surface area contributed by atoms with E-state index in [4.69, 9.17) is 0 Å². The Kier molecular flexibility index (Phi) is 4.18. The number of carbonyl (C=O) groups excluding carboxylic acids is 2. The molecule has 3 nitrogen and oxygen atoms in total. The van der Waals surface area contributed by atoms with Crippen LogP contribution in [0, 0.1) is 0 Å². The number of rotatable bonds is 4. The fourth-order valence-electron chi connectivity index (χ4n) is 2.49. The maximum atomic E-state index is 12.0. The number of Topliss-reactive ketones (excluding diaryl/α,β-unsaturated/α-hetero) is 2. The summed E-state index contributed by atoms with van der Waals surface area (Å²) in [5, 5.41) is 0. The van der Waals surface area contributed by atoms with Gasteiger partial charge in [-0.3, -0.25) is 9.59 Å². The van der Waals surface area contributed by atoms with Crippen molar-refractivity contribution in [2.24, 2.45) is 0 Å². The largest absolute Gasteiger partial charge is 0.354 e. The Balaban J connectivity index is 2.56. The quantitative estimate of drug-likeness (QED) is 0.843. The molecule has 0 spiro atoms. The maximum Gasteiger partial charge on any atom is 0.158 e.